The van der Waals surface area contributed by atoms with Crippen molar-refractivity contribution < 1.29 is 4.52 Å². The van der Waals surface area contributed by atoms with E-state index in [0.29, 0.717) is 12.6 Å². The van der Waals surface area contributed by atoms with Crippen LogP contribution >= 0.6 is 0 Å². The number of benzene rings is 1. The van der Waals surface area contributed by atoms with Gasteiger partial charge in [0, 0.05) is 38.3 Å². The molecular formula is C16H22N4O. The van der Waals surface area contributed by atoms with Crippen molar-refractivity contribution in [2.45, 2.75) is 19.1 Å². The predicted octanol–water partition coefficient (Wildman–Crippen LogP) is 1.62. The number of aromatic nitrogens is 1. The quantitative estimate of drug-likeness (QED) is 0.925. The topological polar surface area (TPSA) is 58.5 Å². The molecule has 1 aromatic carbocycles. The Kier molecular flexibility index (Phi) is 4.34. The molecular weight excluding hydrogens is 264 g/mol. The monoisotopic (exact) mass is 286 g/mol. The largest absolute Gasteiger partial charge is 0.360 e. The number of nitrogens with zero attached hydrogens (tertiary/aromatic N) is 3. The first kappa shape index (κ1) is 14.3. The second-order valence-corrected chi connectivity index (χ2v) is 5.65. The van der Waals surface area contributed by atoms with Gasteiger partial charge in [0.25, 0.3) is 0 Å². The summed E-state index contributed by atoms with van der Waals surface area (Å²) in [5, 5.41) is 3.98. The van der Waals surface area contributed by atoms with Crippen molar-refractivity contribution in [3.05, 3.63) is 53.4 Å². The Balaban J connectivity index is 1.77. The van der Waals surface area contributed by atoms with Gasteiger partial charge in [-0.2, -0.15) is 0 Å². The molecule has 112 valence electrons. The Hall–Kier alpha value is -1.69. The van der Waals surface area contributed by atoms with E-state index in [1.807, 2.05) is 6.07 Å². The van der Waals surface area contributed by atoms with Gasteiger partial charge in [-0.25, -0.2) is 0 Å². The molecule has 1 aromatic heterocycles. The summed E-state index contributed by atoms with van der Waals surface area (Å²) < 4.78 is 5.38. The summed E-state index contributed by atoms with van der Waals surface area (Å²) in [6.45, 7) is 4.33. The van der Waals surface area contributed by atoms with Crippen molar-refractivity contribution >= 4 is 0 Å². The van der Waals surface area contributed by atoms with Gasteiger partial charge in [-0.3, -0.25) is 4.90 Å². The lowest BCUT2D eigenvalue weighted by Crippen LogP contribution is -2.46. The maximum Gasteiger partial charge on any atom is 0.151 e. The van der Waals surface area contributed by atoms with E-state index in [0.717, 1.165) is 37.6 Å². The van der Waals surface area contributed by atoms with Crippen LogP contribution in [-0.4, -0.2) is 41.6 Å². The molecule has 1 saturated heterocycles. The van der Waals surface area contributed by atoms with E-state index in [1.165, 1.54) is 5.56 Å². The van der Waals surface area contributed by atoms with Gasteiger partial charge in [-0.05, 0) is 12.6 Å². The summed E-state index contributed by atoms with van der Waals surface area (Å²) in [5.74, 6) is 0.890. The number of hydrogen-bond donors (Lipinski definition) is 1. The second kappa shape index (κ2) is 6.39. The molecule has 2 N–H and O–H groups in total. The van der Waals surface area contributed by atoms with Crippen LogP contribution in [0.1, 0.15) is 23.1 Å². The Morgan fingerprint density at radius 1 is 1.29 bits per heavy atom. The van der Waals surface area contributed by atoms with Crippen molar-refractivity contribution in [1.82, 2.24) is 15.0 Å². The molecule has 1 atom stereocenters. The third-order valence-corrected chi connectivity index (χ3v) is 4.05. The maximum atomic E-state index is 5.59. The second-order valence-electron chi connectivity index (χ2n) is 5.65. The predicted molar refractivity (Wildman–Crippen MR) is 81.5 cm³/mol. The van der Waals surface area contributed by atoms with E-state index in [9.17, 15) is 0 Å². The van der Waals surface area contributed by atoms with Gasteiger partial charge in [-0.1, -0.05) is 35.5 Å². The van der Waals surface area contributed by atoms with Gasteiger partial charge in [0.05, 0.1) is 12.2 Å². The molecule has 0 bridgehead atoms. The van der Waals surface area contributed by atoms with Crippen LogP contribution in [0.3, 0.4) is 0 Å². The highest BCUT2D eigenvalue weighted by molar-refractivity contribution is 5.20. The molecule has 5 heteroatoms. The number of hydrogen-bond acceptors (Lipinski definition) is 5. The van der Waals surface area contributed by atoms with E-state index in [1.54, 1.807) is 0 Å². The summed E-state index contributed by atoms with van der Waals surface area (Å²) in [4.78, 5) is 4.83. The molecule has 0 aliphatic carbocycles. The number of piperazine rings is 1. The smallest absolute Gasteiger partial charge is 0.151 e. The van der Waals surface area contributed by atoms with Crippen LogP contribution in [0, 0.1) is 0 Å². The van der Waals surface area contributed by atoms with Gasteiger partial charge in [-0.15, -0.1) is 0 Å². The number of nitrogens with two attached hydrogens (primary N) is 1. The summed E-state index contributed by atoms with van der Waals surface area (Å²) in [5.41, 5.74) is 7.75. The zero-order valence-corrected chi connectivity index (χ0v) is 12.4. The average Bonchev–Trinajstić information content (AvgIpc) is 2.98. The molecule has 2 heterocycles. The molecule has 0 spiro atoms. The van der Waals surface area contributed by atoms with Gasteiger partial charge in [0.15, 0.2) is 5.76 Å². The minimum Gasteiger partial charge on any atom is -0.360 e. The van der Waals surface area contributed by atoms with Gasteiger partial charge in [0.2, 0.25) is 0 Å². The zero-order chi connectivity index (χ0) is 14.7. The van der Waals surface area contributed by atoms with E-state index in [4.69, 9.17) is 10.3 Å². The third-order valence-electron chi connectivity index (χ3n) is 4.05. The third kappa shape index (κ3) is 3.32. The minimum atomic E-state index is 0.386. The van der Waals surface area contributed by atoms with Crippen LogP contribution in [0.25, 0.3) is 0 Å². The Labute approximate surface area is 125 Å². The van der Waals surface area contributed by atoms with E-state index in [-0.39, 0.29) is 0 Å². The highest BCUT2D eigenvalue weighted by Crippen LogP contribution is 2.26. The number of rotatable bonds is 4. The van der Waals surface area contributed by atoms with Crippen LogP contribution in [0.2, 0.25) is 0 Å². The molecule has 1 unspecified atom stereocenters. The minimum absolute atomic E-state index is 0.386. The first-order valence-corrected chi connectivity index (χ1v) is 7.38. The molecule has 0 radical (unpaired) electrons. The molecule has 21 heavy (non-hydrogen) atoms. The first-order chi connectivity index (χ1) is 10.3. The van der Waals surface area contributed by atoms with Crippen LogP contribution in [0.15, 0.2) is 40.9 Å². The zero-order valence-electron chi connectivity index (χ0n) is 12.4. The van der Waals surface area contributed by atoms with E-state index >= 15 is 0 Å². The van der Waals surface area contributed by atoms with Crippen molar-refractivity contribution in [2.24, 2.45) is 5.73 Å². The van der Waals surface area contributed by atoms with Crippen LogP contribution < -0.4 is 5.73 Å². The van der Waals surface area contributed by atoms with Crippen molar-refractivity contribution in [3.63, 3.8) is 0 Å². The van der Waals surface area contributed by atoms with E-state index in [2.05, 4.69) is 52.3 Å². The summed E-state index contributed by atoms with van der Waals surface area (Å²) in [7, 11) is 2.17. The van der Waals surface area contributed by atoms with Crippen molar-refractivity contribution in [2.75, 3.05) is 26.7 Å². The molecule has 0 amide bonds. The lowest BCUT2D eigenvalue weighted by atomic mass is 10.0. The summed E-state index contributed by atoms with van der Waals surface area (Å²) in [6, 6.07) is 13.0. The summed E-state index contributed by atoms with van der Waals surface area (Å²) >= 11 is 0. The number of likely N-dealkylation sites (N-methyl/N-ethyl adjacent to an activating group) is 1. The van der Waals surface area contributed by atoms with E-state index < -0.39 is 0 Å². The molecule has 0 saturated carbocycles. The van der Waals surface area contributed by atoms with Crippen LogP contribution in [-0.2, 0) is 13.1 Å². The Morgan fingerprint density at radius 2 is 2.10 bits per heavy atom. The van der Waals surface area contributed by atoms with Crippen molar-refractivity contribution in [3.8, 4) is 0 Å². The highest BCUT2D eigenvalue weighted by Gasteiger charge is 2.27. The van der Waals surface area contributed by atoms with Gasteiger partial charge < -0.3 is 15.2 Å². The molecule has 3 rings (SSSR count). The Morgan fingerprint density at radius 3 is 2.81 bits per heavy atom. The molecule has 5 nitrogen and oxygen atoms in total. The fraction of sp³-hybridized carbons (Fsp3) is 0.438. The molecule has 1 aliphatic rings. The molecule has 1 fully saturated rings. The van der Waals surface area contributed by atoms with Crippen LogP contribution in [0.4, 0.5) is 0 Å². The fourth-order valence-electron chi connectivity index (χ4n) is 2.86. The fourth-order valence-corrected chi connectivity index (χ4v) is 2.86. The Bertz CT molecular complexity index is 569. The SMILES string of the molecule is CN1CCN(Cc2cc(CN)no2)C(c2ccccc2)C1. The van der Waals surface area contributed by atoms with Crippen LogP contribution in [0.5, 0.6) is 0 Å². The van der Waals surface area contributed by atoms with Gasteiger partial charge >= 0.3 is 0 Å². The lowest BCUT2D eigenvalue weighted by molar-refractivity contribution is 0.0753. The molecule has 1 aliphatic heterocycles. The normalized spacial score (nSPS) is 20.8. The average molecular weight is 286 g/mol. The summed E-state index contributed by atoms with van der Waals surface area (Å²) in [6.07, 6.45) is 0. The van der Waals surface area contributed by atoms with Crippen molar-refractivity contribution in [1.29, 1.82) is 0 Å². The standard InChI is InChI=1S/C16H22N4O/c1-19-7-8-20(11-15-9-14(10-17)18-21-15)16(12-19)13-5-3-2-4-6-13/h2-6,9,16H,7-8,10-12,17H2,1H3. The highest BCUT2D eigenvalue weighted by atomic mass is 16.5. The molecule has 2 aromatic rings. The first-order valence-electron chi connectivity index (χ1n) is 7.38. The lowest BCUT2D eigenvalue weighted by Gasteiger charge is -2.39. The maximum absolute atomic E-state index is 5.59. The van der Waals surface area contributed by atoms with Gasteiger partial charge in [0.1, 0.15) is 0 Å².